The molecule has 0 aromatic rings. The van der Waals surface area contributed by atoms with E-state index in [9.17, 15) is 9.59 Å². The summed E-state index contributed by atoms with van der Waals surface area (Å²) in [5, 5.41) is 9.03. The Labute approximate surface area is 224 Å². The van der Waals surface area contributed by atoms with Gasteiger partial charge in [0, 0.05) is 0 Å². The predicted octanol–water partition coefficient (Wildman–Crippen LogP) is 10.2. The molecule has 0 rings (SSSR count). The molecule has 0 spiro atoms. The summed E-state index contributed by atoms with van der Waals surface area (Å²) in [5.74, 6) is -1.74. The maximum Gasteiger partial charge on any atom is 0.309 e. The molecule has 0 aromatic carbocycles. The Bertz CT molecular complexity index is 514. The quantitative estimate of drug-likeness (QED) is 0.0648. The fourth-order valence-corrected chi connectivity index (χ4v) is 4.71. The zero-order chi connectivity index (χ0) is 26.5. The molecule has 0 aliphatic rings. The zero-order valence-electron chi connectivity index (χ0n) is 24.1. The molecule has 4 nitrogen and oxygen atoms in total. The molecule has 1 unspecified atom stereocenters. The number of carbonyl (C=O) groups is 2. The number of aliphatic carboxylic acids is 1. The average molecular weight is 509 g/mol. The van der Waals surface area contributed by atoms with Gasteiger partial charge in [-0.25, -0.2) is 0 Å². The van der Waals surface area contributed by atoms with Gasteiger partial charge in [-0.15, -0.1) is 0 Å². The monoisotopic (exact) mass is 508 g/mol. The maximum atomic E-state index is 12.0. The van der Waals surface area contributed by atoms with E-state index >= 15 is 0 Å². The molecule has 36 heavy (non-hydrogen) atoms. The van der Waals surface area contributed by atoms with Gasteiger partial charge in [0.05, 0.1) is 18.9 Å². The Kier molecular flexibility index (Phi) is 27.2. The molecule has 0 fully saturated rings. The first-order valence-electron chi connectivity index (χ1n) is 15.6. The molecule has 0 aliphatic heterocycles. The molecule has 0 aliphatic carbocycles. The number of carboxylic acids is 1. The van der Waals surface area contributed by atoms with Crippen molar-refractivity contribution in [3.63, 3.8) is 0 Å². The van der Waals surface area contributed by atoms with Crippen LogP contribution in [-0.2, 0) is 14.3 Å². The summed E-state index contributed by atoms with van der Waals surface area (Å²) in [6, 6.07) is 0. The topological polar surface area (TPSA) is 63.6 Å². The highest BCUT2D eigenvalue weighted by atomic mass is 16.5. The van der Waals surface area contributed by atoms with Crippen LogP contribution >= 0.6 is 0 Å². The van der Waals surface area contributed by atoms with Gasteiger partial charge in [0.2, 0.25) is 0 Å². The van der Waals surface area contributed by atoms with Crippen LogP contribution < -0.4 is 0 Å². The van der Waals surface area contributed by atoms with Gasteiger partial charge in [-0.1, -0.05) is 135 Å². The third-order valence-corrected chi connectivity index (χ3v) is 7.02. The fraction of sp³-hybridized carbons (Fsp3) is 0.875. The molecule has 4 heteroatoms. The van der Waals surface area contributed by atoms with E-state index in [4.69, 9.17) is 9.84 Å². The van der Waals surface area contributed by atoms with Crippen LogP contribution in [-0.4, -0.2) is 23.7 Å². The number of ether oxygens (including phenoxy) is 1. The second kappa shape index (κ2) is 28.3. The van der Waals surface area contributed by atoms with Crippen molar-refractivity contribution < 1.29 is 19.4 Å². The number of carbonyl (C=O) groups excluding carboxylic acids is 1. The van der Waals surface area contributed by atoms with Crippen molar-refractivity contribution in [1.82, 2.24) is 0 Å². The summed E-state index contributed by atoms with van der Waals surface area (Å²) in [5.41, 5.74) is 0. The third kappa shape index (κ3) is 25.8. The first-order valence-corrected chi connectivity index (χ1v) is 15.6. The van der Waals surface area contributed by atoms with Gasteiger partial charge in [0.1, 0.15) is 0 Å². The summed E-state index contributed by atoms with van der Waals surface area (Å²) >= 11 is 0. The largest absolute Gasteiger partial charge is 0.481 e. The number of rotatable bonds is 28. The van der Waals surface area contributed by atoms with Crippen molar-refractivity contribution in [2.45, 2.75) is 168 Å². The minimum atomic E-state index is -0.918. The molecule has 1 atom stereocenters. The summed E-state index contributed by atoms with van der Waals surface area (Å²) in [4.78, 5) is 23.0. The number of allylic oxidation sites excluding steroid dienone is 2. The standard InChI is InChI=1S/C32H60O4/c1-3-5-6-7-8-9-10-11-12-13-14-15-16-17-18-19-20-21-22-23-24-25-26-27-30(29-31(33)34)32(35)36-28-4-2/h13-14,30H,3-12,15-29H2,1-2H3,(H,33,34)/b14-13+. The maximum absolute atomic E-state index is 12.0. The second-order valence-electron chi connectivity index (χ2n) is 10.7. The van der Waals surface area contributed by atoms with Crippen LogP contribution in [0.25, 0.3) is 0 Å². The Morgan fingerprint density at radius 1 is 0.611 bits per heavy atom. The van der Waals surface area contributed by atoms with Crippen molar-refractivity contribution >= 4 is 11.9 Å². The first kappa shape index (κ1) is 34.7. The van der Waals surface area contributed by atoms with Crippen molar-refractivity contribution in [3.05, 3.63) is 12.2 Å². The van der Waals surface area contributed by atoms with Gasteiger partial charge < -0.3 is 9.84 Å². The van der Waals surface area contributed by atoms with Crippen LogP contribution in [0.2, 0.25) is 0 Å². The van der Waals surface area contributed by atoms with Crippen molar-refractivity contribution in [3.8, 4) is 0 Å². The van der Waals surface area contributed by atoms with Gasteiger partial charge in [0.15, 0.2) is 0 Å². The smallest absolute Gasteiger partial charge is 0.309 e. The molecule has 0 aromatic heterocycles. The third-order valence-electron chi connectivity index (χ3n) is 7.02. The molecular weight excluding hydrogens is 448 g/mol. The molecule has 0 saturated heterocycles. The normalized spacial score (nSPS) is 12.3. The predicted molar refractivity (Wildman–Crippen MR) is 153 cm³/mol. The number of esters is 1. The lowest BCUT2D eigenvalue weighted by Gasteiger charge is -2.13. The molecule has 0 amide bonds. The second-order valence-corrected chi connectivity index (χ2v) is 10.7. The van der Waals surface area contributed by atoms with E-state index in [-0.39, 0.29) is 12.4 Å². The summed E-state index contributed by atoms with van der Waals surface area (Å²) < 4.78 is 5.15. The van der Waals surface area contributed by atoms with Crippen LogP contribution in [0.15, 0.2) is 12.2 Å². The molecule has 0 radical (unpaired) electrons. The van der Waals surface area contributed by atoms with Gasteiger partial charge in [-0.2, -0.15) is 0 Å². The Balaban J connectivity index is 3.40. The first-order chi connectivity index (χ1) is 17.6. The van der Waals surface area contributed by atoms with E-state index in [2.05, 4.69) is 19.1 Å². The number of hydrogen-bond donors (Lipinski definition) is 1. The average Bonchev–Trinajstić information content (AvgIpc) is 2.86. The lowest BCUT2D eigenvalue weighted by atomic mass is 9.97. The Morgan fingerprint density at radius 3 is 1.44 bits per heavy atom. The van der Waals surface area contributed by atoms with Crippen LogP contribution in [0.5, 0.6) is 0 Å². The summed E-state index contributed by atoms with van der Waals surface area (Å²) in [6.45, 7) is 4.60. The lowest BCUT2D eigenvalue weighted by Crippen LogP contribution is -2.21. The van der Waals surface area contributed by atoms with Crippen LogP contribution in [0.1, 0.15) is 168 Å². The lowest BCUT2D eigenvalue weighted by molar-refractivity contribution is -0.153. The fourth-order valence-electron chi connectivity index (χ4n) is 4.71. The SMILES string of the molecule is CCCCCCCCCC/C=C/CCCCCCCCCCCCCC(CC(=O)O)C(=O)OCCC. The van der Waals surface area contributed by atoms with Crippen LogP contribution in [0.4, 0.5) is 0 Å². The van der Waals surface area contributed by atoms with Crippen molar-refractivity contribution in [2.24, 2.45) is 5.92 Å². The number of hydrogen-bond acceptors (Lipinski definition) is 3. The van der Waals surface area contributed by atoms with Crippen molar-refractivity contribution in [1.29, 1.82) is 0 Å². The highest BCUT2D eigenvalue weighted by Crippen LogP contribution is 2.18. The molecule has 0 heterocycles. The summed E-state index contributed by atoms with van der Waals surface area (Å²) in [6.07, 6.45) is 33.6. The molecule has 0 saturated carbocycles. The molecule has 1 N–H and O–H groups in total. The molecule has 212 valence electrons. The highest BCUT2D eigenvalue weighted by Gasteiger charge is 2.22. The van der Waals surface area contributed by atoms with E-state index in [1.807, 2.05) is 6.92 Å². The highest BCUT2D eigenvalue weighted by molar-refractivity contribution is 5.79. The van der Waals surface area contributed by atoms with E-state index in [1.54, 1.807) is 0 Å². The van der Waals surface area contributed by atoms with Crippen LogP contribution in [0, 0.1) is 5.92 Å². The van der Waals surface area contributed by atoms with E-state index in [0.29, 0.717) is 13.0 Å². The zero-order valence-corrected chi connectivity index (χ0v) is 24.1. The van der Waals surface area contributed by atoms with Gasteiger partial charge in [-0.3, -0.25) is 9.59 Å². The van der Waals surface area contributed by atoms with Crippen molar-refractivity contribution in [2.75, 3.05) is 6.61 Å². The van der Waals surface area contributed by atoms with Crippen LogP contribution in [0.3, 0.4) is 0 Å². The summed E-state index contributed by atoms with van der Waals surface area (Å²) in [7, 11) is 0. The minimum Gasteiger partial charge on any atom is -0.481 e. The number of carboxylic acid groups (broad SMARTS) is 1. The van der Waals surface area contributed by atoms with Gasteiger partial charge in [0.25, 0.3) is 0 Å². The van der Waals surface area contributed by atoms with Gasteiger partial charge >= 0.3 is 11.9 Å². The Morgan fingerprint density at radius 2 is 1.03 bits per heavy atom. The molecular formula is C32H60O4. The van der Waals surface area contributed by atoms with Gasteiger partial charge in [-0.05, 0) is 38.5 Å². The molecule has 0 bridgehead atoms. The minimum absolute atomic E-state index is 0.113. The van der Waals surface area contributed by atoms with E-state index in [1.165, 1.54) is 122 Å². The van der Waals surface area contributed by atoms with E-state index in [0.717, 1.165) is 19.3 Å². The number of unbranched alkanes of at least 4 members (excludes halogenated alkanes) is 19. The Hall–Kier alpha value is -1.32. The van der Waals surface area contributed by atoms with E-state index < -0.39 is 11.9 Å².